The van der Waals surface area contributed by atoms with Crippen molar-refractivity contribution < 1.29 is 14.1 Å². The van der Waals surface area contributed by atoms with E-state index in [0.717, 1.165) is 35.4 Å². The topological polar surface area (TPSA) is 55.6 Å². The number of unbranched alkanes of at least 4 members (excludes halogenated alkanes) is 1. The number of halogens is 1. The molecule has 1 amide bonds. The SMILES string of the molecule is CCCCC(CC)COC(=O)N1CCc2c(noc2-c2ccc(Cl)cc2)C1. The van der Waals surface area contributed by atoms with Crippen LogP contribution < -0.4 is 0 Å². The molecule has 0 radical (unpaired) electrons. The normalized spacial score (nSPS) is 14.7. The smallest absolute Gasteiger partial charge is 0.410 e. The number of amides is 1. The van der Waals surface area contributed by atoms with Gasteiger partial charge in [0.15, 0.2) is 5.76 Å². The van der Waals surface area contributed by atoms with Gasteiger partial charge in [-0.3, -0.25) is 0 Å². The Morgan fingerprint density at radius 2 is 2.11 bits per heavy atom. The summed E-state index contributed by atoms with van der Waals surface area (Å²) in [6, 6.07) is 7.51. The first kappa shape index (κ1) is 19.7. The van der Waals surface area contributed by atoms with Gasteiger partial charge in [0.1, 0.15) is 5.69 Å². The number of carbonyl (C=O) groups excluding carboxylic acids is 1. The Kier molecular flexibility index (Phi) is 6.78. The van der Waals surface area contributed by atoms with Crippen LogP contribution in [0.15, 0.2) is 28.8 Å². The second-order valence-electron chi connectivity index (χ2n) is 7.11. The Balaban J connectivity index is 1.60. The highest BCUT2D eigenvalue weighted by Gasteiger charge is 2.28. The van der Waals surface area contributed by atoms with Crippen LogP contribution in [0.5, 0.6) is 0 Å². The van der Waals surface area contributed by atoms with E-state index in [1.807, 2.05) is 24.3 Å². The fourth-order valence-corrected chi connectivity index (χ4v) is 3.52. The molecule has 2 aromatic rings. The van der Waals surface area contributed by atoms with Gasteiger partial charge < -0.3 is 14.2 Å². The lowest BCUT2D eigenvalue weighted by Crippen LogP contribution is -2.37. The summed E-state index contributed by atoms with van der Waals surface area (Å²) >= 11 is 5.96. The van der Waals surface area contributed by atoms with Crippen LogP contribution in [-0.2, 0) is 17.7 Å². The number of fused-ring (bicyclic) bond motifs is 1. The van der Waals surface area contributed by atoms with Crippen LogP contribution in [0.2, 0.25) is 5.02 Å². The molecule has 5 nitrogen and oxygen atoms in total. The van der Waals surface area contributed by atoms with Crippen LogP contribution in [0, 0.1) is 5.92 Å². The van der Waals surface area contributed by atoms with Gasteiger partial charge in [0, 0.05) is 22.7 Å². The third kappa shape index (κ3) is 4.83. The molecule has 1 aliphatic heterocycles. The first-order valence-electron chi connectivity index (χ1n) is 9.77. The average molecular weight is 391 g/mol. The number of benzene rings is 1. The Labute approximate surface area is 165 Å². The molecule has 0 bridgehead atoms. The van der Waals surface area contributed by atoms with Crippen molar-refractivity contribution in [3.05, 3.63) is 40.5 Å². The first-order chi connectivity index (χ1) is 13.1. The van der Waals surface area contributed by atoms with E-state index < -0.39 is 0 Å². The van der Waals surface area contributed by atoms with E-state index in [0.29, 0.717) is 37.1 Å². The number of hydrogen-bond donors (Lipinski definition) is 0. The van der Waals surface area contributed by atoms with E-state index >= 15 is 0 Å². The van der Waals surface area contributed by atoms with Gasteiger partial charge in [-0.2, -0.15) is 0 Å². The van der Waals surface area contributed by atoms with Gasteiger partial charge in [-0.05, 0) is 43.0 Å². The van der Waals surface area contributed by atoms with Crippen LogP contribution in [0.1, 0.15) is 50.8 Å². The van der Waals surface area contributed by atoms with E-state index in [-0.39, 0.29) is 6.09 Å². The molecule has 3 rings (SSSR count). The Hall–Kier alpha value is -2.01. The van der Waals surface area contributed by atoms with Gasteiger partial charge in [-0.15, -0.1) is 0 Å². The molecule has 0 fully saturated rings. The summed E-state index contributed by atoms with van der Waals surface area (Å²) in [7, 11) is 0. The minimum atomic E-state index is -0.258. The maximum Gasteiger partial charge on any atom is 0.410 e. The second kappa shape index (κ2) is 9.27. The summed E-state index contributed by atoms with van der Waals surface area (Å²) < 4.78 is 11.1. The Morgan fingerprint density at radius 3 is 2.81 bits per heavy atom. The van der Waals surface area contributed by atoms with E-state index in [1.165, 1.54) is 12.8 Å². The summed E-state index contributed by atoms with van der Waals surface area (Å²) in [5, 5.41) is 4.87. The average Bonchev–Trinajstić information content (AvgIpc) is 3.11. The maximum atomic E-state index is 12.4. The van der Waals surface area contributed by atoms with Gasteiger partial charge in [-0.1, -0.05) is 49.9 Å². The van der Waals surface area contributed by atoms with Crippen molar-refractivity contribution in [3.8, 4) is 11.3 Å². The van der Waals surface area contributed by atoms with E-state index in [2.05, 4.69) is 19.0 Å². The minimum Gasteiger partial charge on any atom is -0.449 e. The summed E-state index contributed by atoms with van der Waals surface area (Å²) in [4.78, 5) is 14.2. The number of rotatable bonds is 7. The highest BCUT2D eigenvalue weighted by molar-refractivity contribution is 6.30. The highest BCUT2D eigenvalue weighted by Crippen LogP contribution is 2.31. The molecule has 1 aromatic heterocycles. The monoisotopic (exact) mass is 390 g/mol. The second-order valence-corrected chi connectivity index (χ2v) is 7.55. The number of hydrogen-bond acceptors (Lipinski definition) is 4. The molecule has 2 heterocycles. The molecule has 1 unspecified atom stereocenters. The van der Waals surface area contributed by atoms with Crippen molar-refractivity contribution in [1.29, 1.82) is 0 Å². The lowest BCUT2D eigenvalue weighted by atomic mass is 10.0. The van der Waals surface area contributed by atoms with Gasteiger partial charge in [0.25, 0.3) is 0 Å². The largest absolute Gasteiger partial charge is 0.449 e. The summed E-state index contributed by atoms with van der Waals surface area (Å²) in [5.74, 6) is 1.21. The van der Waals surface area contributed by atoms with Gasteiger partial charge in [0.2, 0.25) is 0 Å². The van der Waals surface area contributed by atoms with Crippen molar-refractivity contribution >= 4 is 17.7 Å². The van der Waals surface area contributed by atoms with Crippen LogP contribution in [-0.4, -0.2) is 29.3 Å². The van der Waals surface area contributed by atoms with Crippen molar-refractivity contribution in [2.24, 2.45) is 5.92 Å². The van der Waals surface area contributed by atoms with Gasteiger partial charge in [0.05, 0.1) is 13.2 Å². The highest BCUT2D eigenvalue weighted by atomic mass is 35.5. The quantitative estimate of drug-likeness (QED) is 0.607. The zero-order valence-electron chi connectivity index (χ0n) is 16.0. The summed E-state index contributed by atoms with van der Waals surface area (Å²) in [6.45, 7) is 5.86. The van der Waals surface area contributed by atoms with Crippen molar-refractivity contribution in [1.82, 2.24) is 10.1 Å². The van der Waals surface area contributed by atoms with E-state index in [4.69, 9.17) is 20.9 Å². The lowest BCUT2D eigenvalue weighted by Gasteiger charge is -2.26. The van der Waals surface area contributed by atoms with E-state index in [1.54, 1.807) is 4.90 Å². The van der Waals surface area contributed by atoms with Gasteiger partial charge >= 0.3 is 6.09 Å². The fourth-order valence-electron chi connectivity index (χ4n) is 3.39. The summed E-state index contributed by atoms with van der Waals surface area (Å²) in [5.41, 5.74) is 2.82. The zero-order chi connectivity index (χ0) is 19.2. The molecule has 146 valence electrons. The number of ether oxygens (including phenoxy) is 1. The molecule has 1 atom stereocenters. The fraction of sp³-hybridized carbons (Fsp3) is 0.524. The minimum absolute atomic E-state index is 0.258. The molecule has 1 aromatic carbocycles. The van der Waals surface area contributed by atoms with Crippen molar-refractivity contribution in [3.63, 3.8) is 0 Å². The molecule has 1 aliphatic rings. The molecule has 0 N–H and O–H groups in total. The van der Waals surface area contributed by atoms with Crippen LogP contribution in [0.3, 0.4) is 0 Å². The molecule has 0 saturated carbocycles. The molecule has 27 heavy (non-hydrogen) atoms. The molecule has 0 aliphatic carbocycles. The Bertz CT molecular complexity index is 757. The predicted molar refractivity (Wildman–Crippen MR) is 106 cm³/mol. The van der Waals surface area contributed by atoms with Gasteiger partial charge in [-0.25, -0.2) is 4.79 Å². The zero-order valence-corrected chi connectivity index (χ0v) is 16.8. The number of aromatic nitrogens is 1. The third-order valence-corrected chi connectivity index (χ3v) is 5.44. The maximum absolute atomic E-state index is 12.4. The molecule has 0 spiro atoms. The van der Waals surface area contributed by atoms with Crippen molar-refractivity contribution in [2.75, 3.05) is 13.2 Å². The predicted octanol–water partition coefficient (Wildman–Crippen LogP) is 5.71. The molecular formula is C21H27ClN2O3. The van der Waals surface area contributed by atoms with Crippen LogP contribution >= 0.6 is 11.6 Å². The van der Waals surface area contributed by atoms with Crippen molar-refractivity contribution in [2.45, 2.75) is 52.5 Å². The first-order valence-corrected chi connectivity index (χ1v) is 10.1. The standard InChI is InChI=1S/C21H27ClN2O3/c1-3-5-6-15(4-2)14-26-21(25)24-12-11-18-19(13-24)23-27-20(18)16-7-9-17(22)10-8-16/h7-10,15H,3-6,11-14H2,1-2H3. The Morgan fingerprint density at radius 1 is 1.33 bits per heavy atom. The molecular weight excluding hydrogens is 364 g/mol. The summed E-state index contributed by atoms with van der Waals surface area (Å²) in [6.07, 6.45) is 4.94. The molecule has 0 saturated heterocycles. The molecule has 6 heteroatoms. The lowest BCUT2D eigenvalue weighted by molar-refractivity contribution is 0.0803. The van der Waals surface area contributed by atoms with Crippen LogP contribution in [0.25, 0.3) is 11.3 Å². The van der Waals surface area contributed by atoms with Crippen LogP contribution in [0.4, 0.5) is 4.79 Å². The number of nitrogens with zero attached hydrogens (tertiary/aromatic N) is 2. The third-order valence-electron chi connectivity index (χ3n) is 5.19. The number of carbonyl (C=O) groups is 1. The van der Waals surface area contributed by atoms with E-state index in [9.17, 15) is 4.79 Å².